The van der Waals surface area contributed by atoms with Gasteiger partial charge in [0.15, 0.2) is 5.96 Å². The zero-order chi connectivity index (χ0) is 18.9. The van der Waals surface area contributed by atoms with Crippen molar-refractivity contribution < 1.29 is 9.53 Å². The summed E-state index contributed by atoms with van der Waals surface area (Å²) in [6.45, 7) is 10.2. The first-order valence-electron chi connectivity index (χ1n) is 8.70. The highest BCUT2D eigenvalue weighted by molar-refractivity contribution is 14.0. The maximum absolute atomic E-state index is 12.1. The van der Waals surface area contributed by atoms with Crippen molar-refractivity contribution in [2.24, 2.45) is 10.4 Å². The van der Waals surface area contributed by atoms with E-state index in [1.807, 2.05) is 63.9 Å². The number of likely N-dealkylation sites (N-methyl/N-ethyl adjacent to an activating group) is 1. The molecule has 1 aromatic rings. The molecular formula is C19H33IN4O2. The van der Waals surface area contributed by atoms with E-state index in [9.17, 15) is 4.79 Å². The predicted molar refractivity (Wildman–Crippen MR) is 119 cm³/mol. The van der Waals surface area contributed by atoms with Crippen LogP contribution in [0.25, 0.3) is 0 Å². The van der Waals surface area contributed by atoms with Gasteiger partial charge >= 0.3 is 0 Å². The number of halogens is 1. The van der Waals surface area contributed by atoms with E-state index in [0.29, 0.717) is 26.2 Å². The van der Waals surface area contributed by atoms with E-state index in [1.54, 1.807) is 7.05 Å². The fraction of sp³-hybridized carbons (Fsp3) is 0.579. The molecule has 0 unspecified atom stereocenters. The molecule has 0 radical (unpaired) electrons. The second-order valence-corrected chi connectivity index (χ2v) is 6.68. The highest BCUT2D eigenvalue weighted by Crippen LogP contribution is 2.16. The Balaban J connectivity index is 0.00000625. The van der Waals surface area contributed by atoms with Crippen molar-refractivity contribution in [1.29, 1.82) is 0 Å². The Bertz CT molecular complexity index is 591. The first-order chi connectivity index (χ1) is 11.8. The van der Waals surface area contributed by atoms with Gasteiger partial charge in [-0.05, 0) is 39.3 Å². The SMILES string of the molecule is CCNC(=O)C(C)(C)CNC(=NC)N(C)CCOc1ccccc1C.I. The third-order valence-corrected chi connectivity index (χ3v) is 3.99. The zero-order valence-corrected chi connectivity index (χ0v) is 19.1. The van der Waals surface area contributed by atoms with Crippen LogP contribution in [0.15, 0.2) is 29.3 Å². The number of guanidine groups is 1. The van der Waals surface area contributed by atoms with Crippen LogP contribution < -0.4 is 15.4 Å². The number of aryl methyl sites for hydroxylation is 1. The van der Waals surface area contributed by atoms with Crippen LogP contribution >= 0.6 is 24.0 Å². The first-order valence-corrected chi connectivity index (χ1v) is 8.70. The van der Waals surface area contributed by atoms with Crippen molar-refractivity contribution >= 4 is 35.8 Å². The lowest BCUT2D eigenvalue weighted by atomic mass is 9.92. The molecule has 0 aromatic heterocycles. The number of nitrogens with zero attached hydrogens (tertiary/aromatic N) is 2. The van der Waals surface area contributed by atoms with Gasteiger partial charge in [0.2, 0.25) is 5.91 Å². The van der Waals surface area contributed by atoms with Gasteiger partial charge in [-0.1, -0.05) is 18.2 Å². The van der Waals surface area contributed by atoms with E-state index in [2.05, 4.69) is 15.6 Å². The number of nitrogens with one attached hydrogen (secondary N) is 2. The van der Waals surface area contributed by atoms with E-state index in [4.69, 9.17) is 4.74 Å². The molecule has 0 saturated carbocycles. The van der Waals surface area contributed by atoms with Gasteiger partial charge in [0, 0.05) is 27.2 Å². The number of para-hydroxylation sites is 1. The Kier molecular flexibility index (Phi) is 11.3. The molecule has 0 bridgehead atoms. The lowest BCUT2D eigenvalue weighted by Gasteiger charge is -2.28. The molecule has 0 aliphatic heterocycles. The summed E-state index contributed by atoms with van der Waals surface area (Å²) in [7, 11) is 3.69. The summed E-state index contributed by atoms with van der Waals surface area (Å²) < 4.78 is 5.83. The maximum Gasteiger partial charge on any atom is 0.227 e. The lowest BCUT2D eigenvalue weighted by molar-refractivity contribution is -0.128. The second kappa shape index (κ2) is 12.0. The summed E-state index contributed by atoms with van der Waals surface area (Å²) >= 11 is 0. The molecule has 2 N–H and O–H groups in total. The molecule has 0 aliphatic carbocycles. The minimum absolute atomic E-state index is 0. The van der Waals surface area contributed by atoms with Crippen molar-refractivity contribution in [2.45, 2.75) is 27.7 Å². The Hall–Kier alpha value is -1.51. The minimum atomic E-state index is -0.509. The molecule has 0 fully saturated rings. The van der Waals surface area contributed by atoms with Gasteiger partial charge in [0.1, 0.15) is 12.4 Å². The van der Waals surface area contributed by atoms with Crippen molar-refractivity contribution in [1.82, 2.24) is 15.5 Å². The summed E-state index contributed by atoms with van der Waals surface area (Å²) in [6, 6.07) is 7.97. The highest BCUT2D eigenvalue weighted by Gasteiger charge is 2.27. The third-order valence-electron chi connectivity index (χ3n) is 3.99. The molecule has 148 valence electrons. The second-order valence-electron chi connectivity index (χ2n) is 6.68. The molecule has 6 nitrogen and oxygen atoms in total. The zero-order valence-electron chi connectivity index (χ0n) is 16.8. The number of benzene rings is 1. The topological polar surface area (TPSA) is 66.0 Å². The summed E-state index contributed by atoms with van der Waals surface area (Å²) in [5.41, 5.74) is 0.612. The van der Waals surface area contributed by atoms with Gasteiger partial charge in [-0.25, -0.2) is 0 Å². The van der Waals surface area contributed by atoms with Gasteiger partial charge in [-0.2, -0.15) is 0 Å². The number of hydrogen-bond acceptors (Lipinski definition) is 3. The van der Waals surface area contributed by atoms with Crippen LogP contribution in [-0.2, 0) is 4.79 Å². The number of aliphatic imine (C=N–C) groups is 1. The van der Waals surface area contributed by atoms with Gasteiger partial charge in [0.25, 0.3) is 0 Å². The maximum atomic E-state index is 12.1. The van der Waals surface area contributed by atoms with Crippen molar-refractivity contribution in [3.63, 3.8) is 0 Å². The number of carbonyl (C=O) groups is 1. The number of ether oxygens (including phenoxy) is 1. The quantitative estimate of drug-likeness (QED) is 0.344. The fourth-order valence-corrected chi connectivity index (χ4v) is 2.28. The normalized spacial score (nSPS) is 11.4. The van der Waals surface area contributed by atoms with Gasteiger partial charge < -0.3 is 20.3 Å². The van der Waals surface area contributed by atoms with E-state index in [1.165, 1.54) is 0 Å². The standard InChI is InChI=1S/C19H32N4O2.HI/c1-7-21-17(24)19(3,4)14-22-18(20-5)23(6)12-13-25-16-11-9-8-10-15(16)2;/h8-11H,7,12-14H2,1-6H3,(H,20,22)(H,21,24);1H. The Morgan fingerprint density at radius 1 is 1.27 bits per heavy atom. The van der Waals surface area contributed by atoms with Crippen LogP contribution in [0, 0.1) is 12.3 Å². The molecule has 7 heteroatoms. The highest BCUT2D eigenvalue weighted by atomic mass is 127. The van der Waals surface area contributed by atoms with Crippen molar-refractivity contribution in [3.05, 3.63) is 29.8 Å². The van der Waals surface area contributed by atoms with E-state index in [-0.39, 0.29) is 29.9 Å². The van der Waals surface area contributed by atoms with Crippen LogP contribution in [0.1, 0.15) is 26.3 Å². The minimum Gasteiger partial charge on any atom is -0.491 e. The Morgan fingerprint density at radius 2 is 1.92 bits per heavy atom. The molecular weight excluding hydrogens is 443 g/mol. The van der Waals surface area contributed by atoms with Gasteiger partial charge in [0.05, 0.1) is 12.0 Å². The van der Waals surface area contributed by atoms with E-state index in [0.717, 1.165) is 17.3 Å². The van der Waals surface area contributed by atoms with Crippen LogP contribution in [0.5, 0.6) is 5.75 Å². The molecule has 0 saturated heterocycles. The van der Waals surface area contributed by atoms with Crippen molar-refractivity contribution in [3.8, 4) is 5.75 Å². The molecule has 1 aromatic carbocycles. The Morgan fingerprint density at radius 3 is 2.50 bits per heavy atom. The number of rotatable bonds is 8. The summed E-state index contributed by atoms with van der Waals surface area (Å²) in [5, 5.41) is 6.13. The third kappa shape index (κ3) is 7.80. The molecule has 1 amide bonds. The van der Waals surface area contributed by atoms with Crippen LogP contribution in [0.4, 0.5) is 0 Å². The summed E-state index contributed by atoms with van der Waals surface area (Å²) in [6.07, 6.45) is 0. The van der Waals surface area contributed by atoms with Crippen LogP contribution in [-0.4, -0.2) is 57.1 Å². The number of amides is 1. The molecule has 0 atom stereocenters. The number of hydrogen-bond donors (Lipinski definition) is 2. The predicted octanol–water partition coefficient (Wildman–Crippen LogP) is 2.66. The van der Waals surface area contributed by atoms with Crippen molar-refractivity contribution in [2.75, 3.05) is 40.3 Å². The number of carbonyl (C=O) groups excluding carboxylic acids is 1. The summed E-state index contributed by atoms with van der Waals surface area (Å²) in [5.74, 6) is 1.67. The van der Waals surface area contributed by atoms with E-state index < -0.39 is 5.41 Å². The molecule has 0 spiro atoms. The smallest absolute Gasteiger partial charge is 0.227 e. The summed E-state index contributed by atoms with van der Waals surface area (Å²) in [4.78, 5) is 18.3. The molecule has 26 heavy (non-hydrogen) atoms. The Labute approximate surface area is 174 Å². The lowest BCUT2D eigenvalue weighted by Crippen LogP contribution is -2.48. The fourth-order valence-electron chi connectivity index (χ4n) is 2.28. The molecule has 0 heterocycles. The van der Waals surface area contributed by atoms with E-state index >= 15 is 0 Å². The molecule has 1 rings (SSSR count). The van der Waals surface area contributed by atoms with Gasteiger partial charge in [-0.15, -0.1) is 24.0 Å². The van der Waals surface area contributed by atoms with Crippen LogP contribution in [0.2, 0.25) is 0 Å². The largest absolute Gasteiger partial charge is 0.491 e. The van der Waals surface area contributed by atoms with Gasteiger partial charge in [-0.3, -0.25) is 9.79 Å². The average Bonchev–Trinajstić information content (AvgIpc) is 2.57. The molecule has 0 aliphatic rings. The first kappa shape index (κ1) is 24.5. The van der Waals surface area contributed by atoms with Crippen LogP contribution in [0.3, 0.4) is 0 Å². The average molecular weight is 476 g/mol. The monoisotopic (exact) mass is 476 g/mol.